The van der Waals surface area contributed by atoms with Gasteiger partial charge in [0.15, 0.2) is 0 Å². The Kier molecular flexibility index (Phi) is 4.17. The predicted octanol–water partition coefficient (Wildman–Crippen LogP) is 2.82. The highest BCUT2D eigenvalue weighted by atomic mass is 79.9. The van der Waals surface area contributed by atoms with Crippen molar-refractivity contribution in [3.8, 4) is 5.75 Å². The van der Waals surface area contributed by atoms with Crippen LogP contribution in [0.2, 0.25) is 0 Å². The van der Waals surface area contributed by atoms with Gasteiger partial charge in [-0.2, -0.15) is 0 Å². The number of methoxy groups -OCH3 is 1. The summed E-state index contributed by atoms with van der Waals surface area (Å²) in [5.41, 5.74) is 6.66. The number of ether oxygens (including phenoxy) is 1. The van der Waals surface area contributed by atoms with Crippen LogP contribution in [0.15, 0.2) is 28.7 Å². The van der Waals surface area contributed by atoms with Gasteiger partial charge < -0.3 is 10.5 Å². The van der Waals surface area contributed by atoms with E-state index >= 15 is 0 Å². The van der Waals surface area contributed by atoms with E-state index < -0.39 is 0 Å². The van der Waals surface area contributed by atoms with Crippen LogP contribution < -0.4 is 10.5 Å². The Morgan fingerprint density at radius 1 is 1.50 bits per heavy atom. The predicted molar refractivity (Wildman–Crippen MR) is 63.4 cm³/mol. The average molecular weight is 256 g/mol. The van der Waals surface area contributed by atoms with Gasteiger partial charge in [0.25, 0.3) is 0 Å². The van der Waals surface area contributed by atoms with Crippen molar-refractivity contribution in [2.45, 2.75) is 13.0 Å². The van der Waals surface area contributed by atoms with E-state index in [0.29, 0.717) is 0 Å². The SMILES string of the molecule is COc1cc(Br)ccc1/C=C/C(C)N. The molecule has 0 bridgehead atoms. The van der Waals surface area contributed by atoms with Crippen LogP contribution in [0.5, 0.6) is 5.75 Å². The molecular formula is C11H14BrNO. The van der Waals surface area contributed by atoms with Crippen molar-refractivity contribution in [2.24, 2.45) is 5.73 Å². The fourth-order valence-corrected chi connectivity index (χ4v) is 1.42. The third-order valence-electron chi connectivity index (χ3n) is 1.77. The number of hydrogen-bond acceptors (Lipinski definition) is 2. The fourth-order valence-electron chi connectivity index (χ4n) is 1.08. The summed E-state index contributed by atoms with van der Waals surface area (Å²) < 4.78 is 6.24. The molecule has 0 saturated carbocycles. The molecule has 76 valence electrons. The van der Waals surface area contributed by atoms with Crippen LogP contribution in [0.3, 0.4) is 0 Å². The molecule has 14 heavy (non-hydrogen) atoms. The van der Waals surface area contributed by atoms with Crippen LogP contribution in [0.1, 0.15) is 12.5 Å². The Balaban J connectivity index is 2.96. The van der Waals surface area contributed by atoms with Gasteiger partial charge in [0, 0.05) is 16.1 Å². The third kappa shape index (κ3) is 3.16. The Morgan fingerprint density at radius 2 is 2.21 bits per heavy atom. The second-order valence-corrected chi connectivity index (χ2v) is 4.02. The van der Waals surface area contributed by atoms with Gasteiger partial charge in [0.05, 0.1) is 7.11 Å². The molecule has 1 unspecified atom stereocenters. The summed E-state index contributed by atoms with van der Waals surface area (Å²) in [5.74, 6) is 0.844. The molecular weight excluding hydrogens is 242 g/mol. The average Bonchev–Trinajstić information content (AvgIpc) is 2.15. The van der Waals surface area contributed by atoms with Crippen molar-refractivity contribution >= 4 is 22.0 Å². The summed E-state index contributed by atoms with van der Waals surface area (Å²) in [5, 5.41) is 0. The van der Waals surface area contributed by atoms with Crippen molar-refractivity contribution in [2.75, 3.05) is 7.11 Å². The quantitative estimate of drug-likeness (QED) is 0.902. The second kappa shape index (κ2) is 5.17. The zero-order valence-corrected chi connectivity index (χ0v) is 9.91. The number of hydrogen-bond donors (Lipinski definition) is 1. The van der Waals surface area contributed by atoms with Crippen molar-refractivity contribution < 1.29 is 4.74 Å². The van der Waals surface area contributed by atoms with Crippen LogP contribution in [0, 0.1) is 0 Å². The normalized spacial score (nSPS) is 13.1. The van der Waals surface area contributed by atoms with Crippen LogP contribution in [0.25, 0.3) is 6.08 Å². The van der Waals surface area contributed by atoms with Crippen molar-refractivity contribution in [3.05, 3.63) is 34.3 Å². The van der Waals surface area contributed by atoms with E-state index in [4.69, 9.17) is 10.5 Å². The smallest absolute Gasteiger partial charge is 0.127 e. The van der Waals surface area contributed by atoms with Crippen LogP contribution in [0.4, 0.5) is 0 Å². The summed E-state index contributed by atoms with van der Waals surface area (Å²) in [6.45, 7) is 1.93. The molecule has 0 amide bonds. The maximum absolute atomic E-state index is 5.62. The molecule has 3 heteroatoms. The molecule has 0 radical (unpaired) electrons. The standard InChI is InChI=1S/C11H14BrNO/c1-8(13)3-4-9-5-6-10(12)7-11(9)14-2/h3-8H,13H2,1-2H3/b4-3+. The van der Waals surface area contributed by atoms with E-state index in [2.05, 4.69) is 15.9 Å². The molecule has 1 rings (SSSR count). The molecule has 0 spiro atoms. The van der Waals surface area contributed by atoms with Crippen molar-refractivity contribution in [1.29, 1.82) is 0 Å². The molecule has 2 nitrogen and oxygen atoms in total. The first-order chi connectivity index (χ1) is 6.63. The molecule has 0 saturated heterocycles. The number of halogens is 1. The lowest BCUT2D eigenvalue weighted by molar-refractivity contribution is 0.413. The molecule has 1 aromatic rings. The zero-order valence-electron chi connectivity index (χ0n) is 8.33. The summed E-state index contributed by atoms with van der Waals surface area (Å²) in [4.78, 5) is 0. The zero-order chi connectivity index (χ0) is 10.6. The van der Waals surface area contributed by atoms with Crippen molar-refractivity contribution in [1.82, 2.24) is 0 Å². The van der Waals surface area contributed by atoms with Gasteiger partial charge in [-0.1, -0.05) is 34.1 Å². The molecule has 0 aliphatic carbocycles. The molecule has 0 fully saturated rings. The number of nitrogens with two attached hydrogens (primary N) is 1. The van der Waals surface area contributed by atoms with Gasteiger partial charge in [0.2, 0.25) is 0 Å². The van der Waals surface area contributed by atoms with E-state index in [9.17, 15) is 0 Å². The summed E-state index contributed by atoms with van der Waals surface area (Å²) >= 11 is 3.39. The minimum Gasteiger partial charge on any atom is -0.496 e. The van der Waals surface area contributed by atoms with Gasteiger partial charge in [-0.15, -0.1) is 0 Å². The monoisotopic (exact) mass is 255 g/mol. The molecule has 2 N–H and O–H groups in total. The topological polar surface area (TPSA) is 35.2 Å². The Hall–Kier alpha value is -0.800. The number of benzene rings is 1. The molecule has 0 heterocycles. The Bertz CT molecular complexity index is 334. The Morgan fingerprint density at radius 3 is 2.79 bits per heavy atom. The lowest BCUT2D eigenvalue weighted by atomic mass is 10.1. The first kappa shape index (κ1) is 11.3. The summed E-state index contributed by atoms with van der Waals surface area (Å²) in [7, 11) is 1.66. The van der Waals surface area contributed by atoms with Gasteiger partial charge >= 0.3 is 0 Å². The first-order valence-corrected chi connectivity index (χ1v) is 5.20. The largest absolute Gasteiger partial charge is 0.496 e. The van der Waals surface area contributed by atoms with Gasteiger partial charge in [0.1, 0.15) is 5.75 Å². The highest BCUT2D eigenvalue weighted by molar-refractivity contribution is 9.10. The highest BCUT2D eigenvalue weighted by Gasteiger charge is 1.99. The van der Waals surface area contributed by atoms with E-state index in [1.54, 1.807) is 7.11 Å². The van der Waals surface area contributed by atoms with Gasteiger partial charge in [-0.05, 0) is 19.1 Å². The maximum atomic E-state index is 5.62. The summed E-state index contributed by atoms with van der Waals surface area (Å²) in [6, 6.07) is 5.95. The minimum absolute atomic E-state index is 0.0587. The summed E-state index contributed by atoms with van der Waals surface area (Å²) in [6.07, 6.45) is 3.90. The lowest BCUT2D eigenvalue weighted by Gasteiger charge is -2.05. The van der Waals surface area contributed by atoms with E-state index in [0.717, 1.165) is 15.8 Å². The van der Waals surface area contributed by atoms with Gasteiger partial charge in [-0.3, -0.25) is 0 Å². The lowest BCUT2D eigenvalue weighted by Crippen LogP contribution is -2.09. The molecule has 0 aliphatic rings. The minimum atomic E-state index is 0.0587. The highest BCUT2D eigenvalue weighted by Crippen LogP contribution is 2.24. The van der Waals surface area contributed by atoms with Crippen LogP contribution in [-0.2, 0) is 0 Å². The van der Waals surface area contributed by atoms with E-state index in [-0.39, 0.29) is 6.04 Å². The third-order valence-corrected chi connectivity index (χ3v) is 2.27. The molecule has 1 aromatic carbocycles. The van der Waals surface area contributed by atoms with Gasteiger partial charge in [-0.25, -0.2) is 0 Å². The fraction of sp³-hybridized carbons (Fsp3) is 0.273. The molecule has 0 aliphatic heterocycles. The Labute approximate surface area is 92.9 Å². The van der Waals surface area contributed by atoms with Crippen LogP contribution >= 0.6 is 15.9 Å². The van der Waals surface area contributed by atoms with E-state index in [1.165, 1.54) is 0 Å². The van der Waals surface area contributed by atoms with Crippen LogP contribution in [-0.4, -0.2) is 13.2 Å². The van der Waals surface area contributed by atoms with E-state index in [1.807, 2.05) is 37.3 Å². The number of rotatable bonds is 3. The second-order valence-electron chi connectivity index (χ2n) is 3.10. The first-order valence-electron chi connectivity index (χ1n) is 4.41. The molecule has 1 atom stereocenters. The van der Waals surface area contributed by atoms with Crippen molar-refractivity contribution in [3.63, 3.8) is 0 Å². The molecule has 0 aromatic heterocycles. The maximum Gasteiger partial charge on any atom is 0.127 e.